The van der Waals surface area contributed by atoms with E-state index < -0.39 is 0 Å². The van der Waals surface area contributed by atoms with E-state index in [0.29, 0.717) is 6.54 Å². The van der Waals surface area contributed by atoms with Crippen LogP contribution in [0.15, 0.2) is 23.0 Å². The highest BCUT2D eigenvalue weighted by molar-refractivity contribution is 5.91. The van der Waals surface area contributed by atoms with Crippen molar-refractivity contribution in [2.45, 2.75) is 26.7 Å². The molecule has 0 saturated carbocycles. The molecule has 0 saturated heterocycles. The van der Waals surface area contributed by atoms with Crippen molar-refractivity contribution >= 4 is 17.9 Å². The van der Waals surface area contributed by atoms with E-state index in [4.69, 9.17) is 10.3 Å². The quantitative estimate of drug-likeness (QED) is 0.617. The van der Waals surface area contributed by atoms with E-state index in [0.717, 1.165) is 35.4 Å². The lowest BCUT2D eigenvalue weighted by molar-refractivity contribution is -0.116. The van der Waals surface area contributed by atoms with Gasteiger partial charge in [-0.05, 0) is 32.8 Å². The fourth-order valence-corrected chi connectivity index (χ4v) is 2.00. The number of nitrogens with one attached hydrogen (secondary N) is 1. The molecule has 2 rings (SSSR count). The van der Waals surface area contributed by atoms with Crippen LogP contribution in [-0.4, -0.2) is 27.6 Å². The Labute approximate surface area is 128 Å². The van der Waals surface area contributed by atoms with E-state index in [1.54, 1.807) is 18.5 Å². The number of aryl methyl sites for hydroxylation is 2. The van der Waals surface area contributed by atoms with Gasteiger partial charge in [0.25, 0.3) is 0 Å². The van der Waals surface area contributed by atoms with Crippen LogP contribution in [0.25, 0.3) is 6.08 Å². The van der Waals surface area contributed by atoms with E-state index in [-0.39, 0.29) is 11.9 Å². The monoisotopic (exact) mass is 301 g/mol. The molecule has 0 fully saturated rings. The number of rotatable bonds is 6. The van der Waals surface area contributed by atoms with Crippen molar-refractivity contribution in [1.29, 1.82) is 0 Å². The van der Waals surface area contributed by atoms with Gasteiger partial charge < -0.3 is 15.6 Å². The number of hydrogen-bond donors (Lipinski definition) is 2. The molecule has 0 unspecified atom stereocenters. The summed E-state index contributed by atoms with van der Waals surface area (Å²) in [5.41, 5.74) is 8.13. The maximum atomic E-state index is 11.7. The van der Waals surface area contributed by atoms with Gasteiger partial charge in [0.1, 0.15) is 5.76 Å². The molecule has 22 heavy (non-hydrogen) atoms. The van der Waals surface area contributed by atoms with Crippen molar-refractivity contribution in [2.24, 2.45) is 0 Å². The zero-order valence-electron chi connectivity index (χ0n) is 12.7. The van der Waals surface area contributed by atoms with Crippen LogP contribution in [0.3, 0.4) is 0 Å². The van der Waals surface area contributed by atoms with Gasteiger partial charge in [-0.15, -0.1) is 0 Å². The van der Waals surface area contributed by atoms with Crippen LogP contribution < -0.4 is 11.1 Å². The van der Waals surface area contributed by atoms with Gasteiger partial charge in [-0.3, -0.25) is 4.79 Å². The second kappa shape index (κ2) is 7.35. The van der Waals surface area contributed by atoms with Gasteiger partial charge in [0, 0.05) is 36.1 Å². The highest BCUT2D eigenvalue weighted by Crippen LogP contribution is 2.13. The van der Waals surface area contributed by atoms with Gasteiger partial charge in [-0.25, -0.2) is 9.97 Å². The molecule has 1 amide bonds. The average Bonchev–Trinajstić information content (AvgIpc) is 2.82. The largest absolute Gasteiger partial charge is 0.368 e. The molecule has 7 nitrogen and oxygen atoms in total. The van der Waals surface area contributed by atoms with E-state index in [2.05, 4.69) is 20.4 Å². The SMILES string of the molecule is Cc1noc(C)c1CCCNC(=O)C=Cc1cnc(N)nc1. The molecular formula is C15H19N5O2. The van der Waals surface area contributed by atoms with Crippen molar-refractivity contribution < 1.29 is 9.32 Å². The predicted molar refractivity (Wildman–Crippen MR) is 82.8 cm³/mol. The molecular weight excluding hydrogens is 282 g/mol. The second-order valence-electron chi connectivity index (χ2n) is 4.91. The van der Waals surface area contributed by atoms with E-state index >= 15 is 0 Å². The zero-order valence-corrected chi connectivity index (χ0v) is 12.7. The summed E-state index contributed by atoms with van der Waals surface area (Å²) >= 11 is 0. The molecule has 116 valence electrons. The molecule has 0 radical (unpaired) electrons. The number of nitrogens with two attached hydrogens (primary N) is 1. The van der Waals surface area contributed by atoms with Gasteiger partial charge in [0.05, 0.1) is 5.69 Å². The van der Waals surface area contributed by atoms with Crippen molar-refractivity contribution in [1.82, 2.24) is 20.4 Å². The Morgan fingerprint density at radius 2 is 2.09 bits per heavy atom. The molecule has 0 aromatic carbocycles. The third-order valence-corrected chi connectivity index (χ3v) is 3.20. The summed E-state index contributed by atoms with van der Waals surface area (Å²) in [5, 5.41) is 6.73. The number of aromatic nitrogens is 3. The molecule has 0 bridgehead atoms. The van der Waals surface area contributed by atoms with Crippen LogP contribution in [0.1, 0.15) is 29.0 Å². The Kier molecular flexibility index (Phi) is 5.24. The Balaban J connectivity index is 1.73. The Morgan fingerprint density at radius 1 is 1.36 bits per heavy atom. The van der Waals surface area contributed by atoms with E-state index in [1.165, 1.54) is 6.08 Å². The minimum atomic E-state index is -0.157. The first-order valence-electron chi connectivity index (χ1n) is 7.01. The number of nitrogens with zero attached hydrogens (tertiary/aromatic N) is 3. The Hall–Kier alpha value is -2.70. The summed E-state index contributed by atoms with van der Waals surface area (Å²) in [6, 6.07) is 0. The Bertz CT molecular complexity index is 642. The van der Waals surface area contributed by atoms with Gasteiger partial charge in [0.15, 0.2) is 0 Å². The van der Waals surface area contributed by atoms with Crippen molar-refractivity contribution in [3.8, 4) is 0 Å². The fraction of sp³-hybridized carbons (Fsp3) is 0.333. The lowest BCUT2D eigenvalue weighted by Gasteiger charge is -2.02. The summed E-state index contributed by atoms with van der Waals surface area (Å²) in [7, 11) is 0. The van der Waals surface area contributed by atoms with Crippen molar-refractivity contribution in [3.63, 3.8) is 0 Å². The summed E-state index contributed by atoms with van der Waals surface area (Å²) in [4.78, 5) is 19.4. The van der Waals surface area contributed by atoms with Gasteiger partial charge in [-0.2, -0.15) is 0 Å². The molecule has 0 spiro atoms. The molecule has 0 atom stereocenters. The molecule has 0 aliphatic heterocycles. The summed E-state index contributed by atoms with van der Waals surface area (Å²) in [5.74, 6) is 0.892. The molecule has 2 aromatic heterocycles. The summed E-state index contributed by atoms with van der Waals surface area (Å²) < 4.78 is 5.10. The van der Waals surface area contributed by atoms with Crippen LogP contribution in [0.4, 0.5) is 5.95 Å². The smallest absolute Gasteiger partial charge is 0.244 e. The minimum Gasteiger partial charge on any atom is -0.368 e. The lowest BCUT2D eigenvalue weighted by atomic mass is 10.1. The van der Waals surface area contributed by atoms with Gasteiger partial charge in [0.2, 0.25) is 11.9 Å². The van der Waals surface area contributed by atoms with Gasteiger partial charge in [-0.1, -0.05) is 5.16 Å². The Morgan fingerprint density at radius 3 is 2.73 bits per heavy atom. The first-order valence-corrected chi connectivity index (χ1v) is 7.01. The highest BCUT2D eigenvalue weighted by atomic mass is 16.5. The summed E-state index contributed by atoms with van der Waals surface area (Å²) in [6.07, 6.45) is 7.87. The third kappa shape index (κ3) is 4.41. The second-order valence-corrected chi connectivity index (χ2v) is 4.91. The van der Waals surface area contributed by atoms with E-state index in [9.17, 15) is 4.79 Å². The van der Waals surface area contributed by atoms with Crippen molar-refractivity contribution in [2.75, 3.05) is 12.3 Å². The number of nitrogen functional groups attached to an aromatic ring is 1. The third-order valence-electron chi connectivity index (χ3n) is 3.20. The maximum absolute atomic E-state index is 11.7. The first kappa shape index (κ1) is 15.7. The number of hydrogen-bond acceptors (Lipinski definition) is 6. The predicted octanol–water partition coefficient (Wildman–Crippen LogP) is 1.43. The fourth-order valence-electron chi connectivity index (χ4n) is 2.00. The van der Waals surface area contributed by atoms with Crippen LogP contribution in [-0.2, 0) is 11.2 Å². The summed E-state index contributed by atoms with van der Waals surface area (Å²) in [6.45, 7) is 4.40. The molecule has 0 aliphatic carbocycles. The van der Waals surface area contributed by atoms with E-state index in [1.807, 2.05) is 13.8 Å². The van der Waals surface area contributed by atoms with Crippen LogP contribution in [0.5, 0.6) is 0 Å². The molecule has 2 aromatic rings. The maximum Gasteiger partial charge on any atom is 0.244 e. The first-order chi connectivity index (χ1) is 10.6. The molecule has 0 aliphatic rings. The standard InChI is InChI=1S/C15H19N5O2/c1-10-13(11(2)22-20-10)4-3-7-17-14(21)6-5-12-8-18-15(16)19-9-12/h5-6,8-9H,3-4,7H2,1-2H3,(H,17,21)(H2,16,18,19). The number of carbonyl (C=O) groups is 1. The highest BCUT2D eigenvalue weighted by Gasteiger charge is 2.08. The van der Waals surface area contributed by atoms with Crippen LogP contribution >= 0.6 is 0 Å². The molecule has 3 N–H and O–H groups in total. The average molecular weight is 301 g/mol. The molecule has 7 heteroatoms. The normalized spacial score (nSPS) is 11.0. The van der Waals surface area contributed by atoms with Gasteiger partial charge >= 0.3 is 0 Å². The number of anilines is 1. The van der Waals surface area contributed by atoms with Crippen LogP contribution in [0, 0.1) is 13.8 Å². The van der Waals surface area contributed by atoms with Crippen LogP contribution in [0.2, 0.25) is 0 Å². The lowest BCUT2D eigenvalue weighted by Crippen LogP contribution is -2.22. The minimum absolute atomic E-state index is 0.157. The number of carbonyl (C=O) groups excluding carboxylic acids is 1. The number of amides is 1. The van der Waals surface area contributed by atoms with Crippen molar-refractivity contribution in [3.05, 3.63) is 41.1 Å². The molecule has 2 heterocycles. The zero-order chi connectivity index (χ0) is 15.9. The topological polar surface area (TPSA) is 107 Å².